The van der Waals surface area contributed by atoms with Crippen molar-refractivity contribution in [2.75, 3.05) is 23.4 Å². The second kappa shape index (κ2) is 12.5. The Hall–Kier alpha value is -3.36. The van der Waals surface area contributed by atoms with E-state index in [9.17, 15) is 14.4 Å². The number of carbonyl (C=O) groups excluding carboxylic acids is 3. The molecule has 9 heteroatoms. The summed E-state index contributed by atoms with van der Waals surface area (Å²) in [6, 6.07) is 18.2. The maximum absolute atomic E-state index is 12.6. The van der Waals surface area contributed by atoms with Crippen LogP contribution in [0.25, 0.3) is 0 Å². The van der Waals surface area contributed by atoms with Gasteiger partial charge >= 0.3 is 0 Å². The van der Waals surface area contributed by atoms with Crippen LogP contribution in [0.15, 0.2) is 65.1 Å². The van der Waals surface area contributed by atoms with Gasteiger partial charge in [0.05, 0.1) is 5.92 Å². The Kier molecular flexibility index (Phi) is 9.07. The van der Waals surface area contributed by atoms with Crippen LogP contribution in [0.5, 0.6) is 5.75 Å². The van der Waals surface area contributed by atoms with E-state index in [1.807, 2.05) is 38.1 Å². The first-order valence-electron chi connectivity index (χ1n) is 12.4. The van der Waals surface area contributed by atoms with Crippen LogP contribution in [0.1, 0.15) is 30.0 Å². The van der Waals surface area contributed by atoms with Crippen LogP contribution < -0.4 is 20.3 Å². The molecule has 0 spiro atoms. The van der Waals surface area contributed by atoms with Gasteiger partial charge in [-0.05, 0) is 78.6 Å². The minimum absolute atomic E-state index is 0.110. The fraction of sp³-hybridized carbons (Fsp3) is 0.276. The average molecular weight is 599 g/mol. The summed E-state index contributed by atoms with van der Waals surface area (Å²) in [5.41, 5.74) is 4.44. The Morgan fingerprint density at radius 3 is 2.50 bits per heavy atom. The van der Waals surface area contributed by atoms with Crippen LogP contribution in [0.3, 0.4) is 0 Å². The quantitative estimate of drug-likeness (QED) is 0.333. The summed E-state index contributed by atoms with van der Waals surface area (Å²) in [6.07, 6.45) is 0.943. The number of aryl methyl sites for hydroxylation is 2. The van der Waals surface area contributed by atoms with E-state index in [1.165, 1.54) is 0 Å². The van der Waals surface area contributed by atoms with Crippen molar-refractivity contribution in [2.45, 2.75) is 33.2 Å². The zero-order valence-electron chi connectivity index (χ0n) is 21.2. The summed E-state index contributed by atoms with van der Waals surface area (Å²) in [6.45, 7) is 4.53. The topological polar surface area (TPSA) is 87.7 Å². The second-order valence-corrected chi connectivity index (χ2v) is 10.5. The maximum atomic E-state index is 12.6. The molecule has 0 aliphatic carbocycles. The highest BCUT2D eigenvalue weighted by molar-refractivity contribution is 9.10. The lowest BCUT2D eigenvalue weighted by atomic mass is 10.1. The van der Waals surface area contributed by atoms with E-state index in [1.54, 1.807) is 41.3 Å². The molecule has 1 fully saturated rings. The highest BCUT2D eigenvalue weighted by Gasteiger charge is 2.35. The zero-order chi connectivity index (χ0) is 27.2. The minimum Gasteiger partial charge on any atom is -0.484 e. The predicted molar refractivity (Wildman–Crippen MR) is 153 cm³/mol. The monoisotopic (exact) mass is 597 g/mol. The number of benzene rings is 3. The van der Waals surface area contributed by atoms with E-state index in [0.29, 0.717) is 29.5 Å². The molecule has 38 heavy (non-hydrogen) atoms. The third kappa shape index (κ3) is 6.94. The lowest BCUT2D eigenvalue weighted by molar-refractivity contribution is -0.126. The molecule has 0 aromatic heterocycles. The van der Waals surface area contributed by atoms with Crippen molar-refractivity contribution in [3.05, 3.63) is 86.8 Å². The van der Waals surface area contributed by atoms with Crippen molar-refractivity contribution in [2.24, 2.45) is 5.92 Å². The summed E-state index contributed by atoms with van der Waals surface area (Å²) < 4.78 is 6.64. The van der Waals surface area contributed by atoms with Gasteiger partial charge in [0.25, 0.3) is 5.91 Å². The number of hydrogen-bond acceptors (Lipinski definition) is 4. The molecule has 1 saturated heterocycles. The predicted octanol–water partition coefficient (Wildman–Crippen LogP) is 5.66. The van der Waals surface area contributed by atoms with E-state index in [2.05, 4.69) is 26.6 Å². The maximum Gasteiger partial charge on any atom is 0.262 e. The van der Waals surface area contributed by atoms with Gasteiger partial charge in [-0.25, -0.2) is 0 Å². The zero-order valence-corrected chi connectivity index (χ0v) is 23.6. The summed E-state index contributed by atoms with van der Waals surface area (Å²) in [4.78, 5) is 39.4. The molecule has 1 atom stereocenters. The van der Waals surface area contributed by atoms with Crippen LogP contribution in [-0.2, 0) is 27.3 Å². The average Bonchev–Trinajstić information content (AvgIpc) is 3.30. The summed E-state index contributed by atoms with van der Waals surface area (Å²) >= 11 is 9.39. The van der Waals surface area contributed by atoms with Crippen molar-refractivity contribution < 1.29 is 19.1 Å². The van der Waals surface area contributed by atoms with Gasteiger partial charge in [-0.1, -0.05) is 46.6 Å². The molecule has 0 saturated carbocycles. The number of rotatable bonds is 9. The number of nitrogens with one attached hydrogen (secondary N) is 2. The van der Waals surface area contributed by atoms with Gasteiger partial charge in [0.15, 0.2) is 6.61 Å². The van der Waals surface area contributed by atoms with Gasteiger partial charge in [-0.2, -0.15) is 0 Å². The Balaban J connectivity index is 1.29. The van der Waals surface area contributed by atoms with E-state index < -0.39 is 5.92 Å². The molecule has 3 aromatic rings. The van der Waals surface area contributed by atoms with E-state index in [-0.39, 0.29) is 30.7 Å². The smallest absolute Gasteiger partial charge is 0.262 e. The van der Waals surface area contributed by atoms with Gasteiger partial charge in [0.2, 0.25) is 11.8 Å². The molecule has 2 N–H and O–H groups in total. The lowest BCUT2D eigenvalue weighted by Gasteiger charge is -2.17. The van der Waals surface area contributed by atoms with E-state index in [4.69, 9.17) is 16.3 Å². The third-order valence-corrected chi connectivity index (χ3v) is 7.13. The number of ether oxygens (including phenoxy) is 1. The van der Waals surface area contributed by atoms with Gasteiger partial charge in [-0.3, -0.25) is 14.4 Å². The summed E-state index contributed by atoms with van der Waals surface area (Å²) in [7, 11) is 0. The van der Waals surface area contributed by atoms with Gasteiger partial charge in [0.1, 0.15) is 5.75 Å². The van der Waals surface area contributed by atoms with Crippen molar-refractivity contribution in [3.8, 4) is 5.75 Å². The van der Waals surface area contributed by atoms with Gasteiger partial charge in [0, 0.05) is 40.4 Å². The van der Waals surface area contributed by atoms with E-state index >= 15 is 0 Å². The Morgan fingerprint density at radius 1 is 1.11 bits per heavy atom. The standard InChI is InChI=1S/C29H29BrClN3O4/c1-3-20-13-22(30)12-18(2)28(20)33-26(35)17-38-25-10-8-24(9-11-25)34-16-21(14-27(34)36)29(37)32-15-19-4-6-23(31)7-5-19/h4-13,21H,3,14-17H2,1-2H3,(H,32,37)(H,33,35)/t21-/m1/s1. The van der Waals surface area contributed by atoms with Crippen LogP contribution in [0, 0.1) is 12.8 Å². The number of halogens is 2. The van der Waals surface area contributed by atoms with Crippen molar-refractivity contribution >= 4 is 56.6 Å². The molecule has 3 aromatic carbocycles. The SMILES string of the molecule is CCc1cc(Br)cc(C)c1NC(=O)COc1ccc(N2C[C@H](C(=O)NCc3ccc(Cl)cc3)CC2=O)cc1. The van der Waals surface area contributed by atoms with Crippen LogP contribution in [-0.4, -0.2) is 30.9 Å². The highest BCUT2D eigenvalue weighted by Crippen LogP contribution is 2.28. The molecular formula is C29H29BrClN3O4. The van der Waals surface area contributed by atoms with Crippen molar-refractivity contribution in [3.63, 3.8) is 0 Å². The molecule has 7 nitrogen and oxygen atoms in total. The number of nitrogens with zero attached hydrogens (tertiary/aromatic N) is 1. The molecule has 198 valence electrons. The molecular weight excluding hydrogens is 570 g/mol. The van der Waals surface area contributed by atoms with Crippen LogP contribution in [0.4, 0.5) is 11.4 Å². The number of amides is 3. The fourth-order valence-corrected chi connectivity index (χ4v) is 5.13. The largest absolute Gasteiger partial charge is 0.484 e. The molecule has 3 amide bonds. The third-order valence-electron chi connectivity index (χ3n) is 6.42. The minimum atomic E-state index is -0.426. The van der Waals surface area contributed by atoms with Crippen molar-refractivity contribution in [1.82, 2.24) is 5.32 Å². The van der Waals surface area contributed by atoms with Crippen molar-refractivity contribution in [1.29, 1.82) is 0 Å². The van der Waals surface area contributed by atoms with E-state index in [0.717, 1.165) is 33.3 Å². The first kappa shape index (κ1) is 27.7. The number of carbonyl (C=O) groups is 3. The molecule has 0 unspecified atom stereocenters. The summed E-state index contributed by atoms with van der Waals surface area (Å²) in [5, 5.41) is 6.48. The number of hydrogen-bond donors (Lipinski definition) is 2. The molecule has 1 heterocycles. The van der Waals surface area contributed by atoms with Gasteiger partial charge in [-0.15, -0.1) is 0 Å². The first-order chi connectivity index (χ1) is 18.2. The second-order valence-electron chi connectivity index (χ2n) is 9.19. The molecule has 1 aliphatic heterocycles. The highest BCUT2D eigenvalue weighted by atomic mass is 79.9. The van der Waals surface area contributed by atoms with Crippen LogP contribution >= 0.6 is 27.5 Å². The fourth-order valence-electron chi connectivity index (χ4n) is 4.39. The molecule has 0 bridgehead atoms. The Labute approximate surface area is 235 Å². The molecule has 4 rings (SSSR count). The van der Waals surface area contributed by atoms with Gasteiger partial charge < -0.3 is 20.3 Å². The number of anilines is 2. The molecule has 1 aliphatic rings. The van der Waals surface area contributed by atoms with Crippen LogP contribution in [0.2, 0.25) is 5.02 Å². The Bertz CT molecular complexity index is 1330. The lowest BCUT2D eigenvalue weighted by Crippen LogP contribution is -2.32. The summed E-state index contributed by atoms with van der Waals surface area (Å²) in [5.74, 6) is -0.438. The normalized spacial score (nSPS) is 14.9. The Morgan fingerprint density at radius 2 is 1.82 bits per heavy atom. The first-order valence-corrected chi connectivity index (χ1v) is 13.5. The molecule has 0 radical (unpaired) electrons.